The highest BCUT2D eigenvalue weighted by Gasteiger charge is 2.11. The molecule has 2 aromatic carbocycles. The van der Waals surface area contributed by atoms with Gasteiger partial charge in [0.25, 0.3) is 5.91 Å². The Hall–Kier alpha value is -2.82. The first-order chi connectivity index (χ1) is 10.5. The molecule has 0 heterocycles. The van der Waals surface area contributed by atoms with E-state index >= 15 is 0 Å². The van der Waals surface area contributed by atoms with Crippen molar-refractivity contribution >= 4 is 11.8 Å². The quantitative estimate of drug-likeness (QED) is 0.788. The Kier molecular flexibility index (Phi) is 4.78. The van der Waals surface area contributed by atoms with E-state index in [9.17, 15) is 14.7 Å². The minimum atomic E-state index is -0.497. The molecule has 5 nitrogen and oxygen atoms in total. The van der Waals surface area contributed by atoms with Crippen molar-refractivity contribution in [3.8, 4) is 5.75 Å². The van der Waals surface area contributed by atoms with Crippen molar-refractivity contribution < 1.29 is 14.7 Å². The van der Waals surface area contributed by atoms with Gasteiger partial charge in [-0.3, -0.25) is 9.59 Å². The van der Waals surface area contributed by atoms with Crippen LogP contribution in [0.2, 0.25) is 0 Å². The topological polar surface area (TPSA) is 92.4 Å². The molecule has 0 aliphatic rings. The summed E-state index contributed by atoms with van der Waals surface area (Å²) in [6.07, 6.45) is 0.617. The number of aryl methyl sites for hydroxylation is 1. The lowest BCUT2D eigenvalue weighted by Crippen LogP contribution is -2.23. The van der Waals surface area contributed by atoms with Crippen molar-refractivity contribution in [3.63, 3.8) is 0 Å². The Morgan fingerprint density at radius 2 is 1.95 bits per heavy atom. The van der Waals surface area contributed by atoms with Gasteiger partial charge >= 0.3 is 0 Å². The molecule has 0 aromatic heterocycles. The van der Waals surface area contributed by atoms with Gasteiger partial charge in [-0.15, -0.1) is 0 Å². The number of primary amides is 1. The van der Waals surface area contributed by atoms with Crippen LogP contribution < -0.4 is 11.1 Å². The third kappa shape index (κ3) is 3.63. The number of hydrogen-bond donors (Lipinski definition) is 3. The van der Waals surface area contributed by atoms with E-state index in [-0.39, 0.29) is 11.7 Å². The van der Waals surface area contributed by atoms with Gasteiger partial charge in [0.1, 0.15) is 5.75 Å². The van der Waals surface area contributed by atoms with Crippen LogP contribution in [0, 0.1) is 0 Å². The van der Waals surface area contributed by atoms with Gasteiger partial charge in [-0.2, -0.15) is 0 Å². The highest BCUT2D eigenvalue weighted by atomic mass is 16.3. The molecule has 2 rings (SSSR count). The summed E-state index contributed by atoms with van der Waals surface area (Å²) in [4.78, 5) is 23.5. The van der Waals surface area contributed by atoms with Crippen molar-refractivity contribution in [2.45, 2.75) is 19.9 Å². The number of phenolic OH excluding ortho intramolecular Hbond substituents is 1. The zero-order valence-corrected chi connectivity index (χ0v) is 12.3. The van der Waals surface area contributed by atoms with Crippen LogP contribution in [0.15, 0.2) is 42.5 Å². The molecular formula is C17H18N2O3. The lowest BCUT2D eigenvalue weighted by Gasteiger charge is -2.09. The number of amides is 2. The summed E-state index contributed by atoms with van der Waals surface area (Å²) in [6.45, 7) is 2.21. The van der Waals surface area contributed by atoms with Crippen molar-refractivity contribution in [2.24, 2.45) is 5.73 Å². The van der Waals surface area contributed by atoms with Crippen molar-refractivity contribution in [2.75, 3.05) is 0 Å². The molecule has 0 unspecified atom stereocenters. The fourth-order valence-electron chi connectivity index (χ4n) is 2.22. The first-order valence-corrected chi connectivity index (χ1v) is 7.00. The minimum Gasteiger partial charge on any atom is -0.508 e. The van der Waals surface area contributed by atoms with Gasteiger partial charge in [-0.25, -0.2) is 0 Å². The Labute approximate surface area is 128 Å². The molecule has 0 atom stereocenters. The molecule has 0 saturated heterocycles. The molecule has 0 radical (unpaired) electrons. The Morgan fingerprint density at radius 1 is 1.18 bits per heavy atom. The number of carbonyl (C=O) groups excluding carboxylic acids is 2. The second kappa shape index (κ2) is 6.76. The van der Waals surface area contributed by atoms with Gasteiger partial charge in [0.15, 0.2) is 0 Å². The van der Waals surface area contributed by atoms with Crippen LogP contribution in [0.3, 0.4) is 0 Å². The molecule has 114 valence electrons. The fraction of sp³-hybridized carbons (Fsp3) is 0.176. The van der Waals surface area contributed by atoms with E-state index in [0.717, 1.165) is 11.1 Å². The average Bonchev–Trinajstić information content (AvgIpc) is 2.51. The first kappa shape index (κ1) is 15.6. The largest absolute Gasteiger partial charge is 0.508 e. The van der Waals surface area contributed by atoms with Crippen LogP contribution in [0.1, 0.15) is 38.8 Å². The van der Waals surface area contributed by atoms with Crippen LogP contribution in [-0.2, 0) is 13.0 Å². The first-order valence-electron chi connectivity index (χ1n) is 7.00. The van der Waals surface area contributed by atoms with Crippen LogP contribution in [-0.4, -0.2) is 16.9 Å². The van der Waals surface area contributed by atoms with E-state index in [1.165, 1.54) is 0 Å². The summed E-state index contributed by atoms with van der Waals surface area (Å²) in [7, 11) is 0. The molecule has 0 aliphatic carbocycles. The van der Waals surface area contributed by atoms with Crippen molar-refractivity contribution in [1.29, 1.82) is 0 Å². The zero-order chi connectivity index (χ0) is 16.1. The molecular weight excluding hydrogens is 280 g/mol. The van der Waals surface area contributed by atoms with Crippen LogP contribution in [0.5, 0.6) is 5.75 Å². The summed E-state index contributed by atoms with van der Waals surface area (Å²) in [6, 6.07) is 11.5. The van der Waals surface area contributed by atoms with E-state index in [1.807, 2.05) is 13.0 Å². The predicted octanol–water partition coefficient (Wildman–Crippen LogP) is 1.98. The normalized spacial score (nSPS) is 10.2. The standard InChI is InChI=1S/C17H18N2O3/c1-2-12-9-13(6-7-15(12)16(18)21)17(22)19-10-11-4-3-5-14(20)8-11/h3-9,20H,2,10H2,1H3,(H2,18,21)(H,19,22). The van der Waals surface area contributed by atoms with Crippen LogP contribution in [0.4, 0.5) is 0 Å². The fourth-order valence-corrected chi connectivity index (χ4v) is 2.22. The van der Waals surface area contributed by atoms with Crippen LogP contribution >= 0.6 is 0 Å². The van der Waals surface area contributed by atoms with Crippen molar-refractivity contribution in [1.82, 2.24) is 5.32 Å². The summed E-state index contributed by atoms with van der Waals surface area (Å²) in [5, 5.41) is 12.2. The third-order valence-corrected chi connectivity index (χ3v) is 3.38. The molecule has 4 N–H and O–H groups in total. The van der Waals surface area contributed by atoms with E-state index in [1.54, 1.807) is 36.4 Å². The van der Waals surface area contributed by atoms with E-state index in [0.29, 0.717) is 24.1 Å². The Morgan fingerprint density at radius 3 is 2.59 bits per heavy atom. The smallest absolute Gasteiger partial charge is 0.251 e. The SMILES string of the molecule is CCc1cc(C(=O)NCc2cccc(O)c2)ccc1C(N)=O. The number of benzene rings is 2. The number of nitrogens with one attached hydrogen (secondary N) is 1. The van der Waals surface area contributed by atoms with Gasteiger partial charge in [0.05, 0.1) is 0 Å². The highest BCUT2D eigenvalue weighted by molar-refractivity contribution is 5.98. The molecule has 0 fully saturated rings. The van der Waals surface area contributed by atoms with Gasteiger partial charge in [0, 0.05) is 17.7 Å². The number of rotatable bonds is 5. The summed E-state index contributed by atoms with van der Waals surface area (Å²) < 4.78 is 0. The summed E-state index contributed by atoms with van der Waals surface area (Å²) >= 11 is 0. The minimum absolute atomic E-state index is 0.158. The number of carbonyl (C=O) groups is 2. The van der Waals surface area contributed by atoms with Gasteiger partial charge in [0.2, 0.25) is 5.91 Å². The number of hydrogen-bond acceptors (Lipinski definition) is 3. The lowest BCUT2D eigenvalue weighted by atomic mass is 10.0. The maximum atomic E-state index is 12.2. The number of aromatic hydroxyl groups is 1. The third-order valence-electron chi connectivity index (χ3n) is 3.38. The van der Waals surface area contributed by atoms with Gasteiger partial charge < -0.3 is 16.2 Å². The molecule has 0 spiro atoms. The van der Waals surface area contributed by atoms with Crippen LogP contribution in [0.25, 0.3) is 0 Å². The summed E-state index contributed by atoms with van der Waals surface area (Å²) in [5.74, 6) is -0.580. The van der Waals surface area contributed by atoms with Crippen molar-refractivity contribution in [3.05, 3.63) is 64.7 Å². The maximum absolute atomic E-state index is 12.2. The number of phenols is 1. The molecule has 2 amide bonds. The Balaban J connectivity index is 2.11. The average molecular weight is 298 g/mol. The molecule has 0 bridgehead atoms. The van der Waals surface area contributed by atoms with E-state index < -0.39 is 5.91 Å². The molecule has 0 saturated carbocycles. The Bertz CT molecular complexity index is 711. The summed E-state index contributed by atoms with van der Waals surface area (Å²) in [5.41, 5.74) is 7.76. The maximum Gasteiger partial charge on any atom is 0.251 e. The molecule has 22 heavy (non-hydrogen) atoms. The molecule has 2 aromatic rings. The van der Waals surface area contributed by atoms with Gasteiger partial charge in [-0.1, -0.05) is 19.1 Å². The second-order valence-corrected chi connectivity index (χ2v) is 4.94. The van der Waals surface area contributed by atoms with E-state index in [2.05, 4.69) is 5.32 Å². The van der Waals surface area contributed by atoms with E-state index in [4.69, 9.17) is 5.73 Å². The lowest BCUT2D eigenvalue weighted by molar-refractivity contribution is 0.0948. The molecule has 0 aliphatic heterocycles. The highest BCUT2D eigenvalue weighted by Crippen LogP contribution is 2.14. The molecule has 5 heteroatoms. The monoisotopic (exact) mass is 298 g/mol. The predicted molar refractivity (Wildman–Crippen MR) is 83.6 cm³/mol. The zero-order valence-electron chi connectivity index (χ0n) is 12.3. The van der Waals surface area contributed by atoms with Gasteiger partial charge in [-0.05, 0) is 47.9 Å². The number of nitrogens with two attached hydrogens (primary N) is 1. The second-order valence-electron chi connectivity index (χ2n) is 4.94.